The van der Waals surface area contributed by atoms with Crippen molar-refractivity contribution in [3.8, 4) is 0 Å². The lowest BCUT2D eigenvalue weighted by atomic mass is 10.2. The lowest BCUT2D eigenvalue weighted by Gasteiger charge is -2.24. The van der Waals surface area contributed by atoms with E-state index in [0.717, 1.165) is 22.1 Å². The Morgan fingerprint density at radius 3 is 2.55 bits per heavy atom. The molecule has 0 spiro atoms. The number of benzene rings is 1. The maximum absolute atomic E-state index is 14.8. The number of urea groups is 1. The van der Waals surface area contributed by atoms with Gasteiger partial charge in [0.1, 0.15) is 11.8 Å². The number of carbonyl (C=O) groups is 3. The van der Waals surface area contributed by atoms with E-state index < -0.39 is 29.9 Å². The molecule has 1 aromatic rings. The highest BCUT2D eigenvalue weighted by molar-refractivity contribution is 5.90. The predicted octanol–water partition coefficient (Wildman–Crippen LogP) is 0.558. The fraction of sp³-hybridized carbons (Fsp3) is 0.471. The average Bonchev–Trinajstić information content (AvgIpc) is 2.85. The smallest absolute Gasteiger partial charge is 0.414 e. The number of halogens is 2. The number of ether oxygens (including phenoxy) is 1. The fourth-order valence-electron chi connectivity index (χ4n) is 3.15. The largest absolute Gasteiger partial charge is 0.442 e. The maximum atomic E-state index is 14.8. The zero-order valence-corrected chi connectivity index (χ0v) is 15.7. The third-order valence-electron chi connectivity index (χ3n) is 4.51. The van der Waals surface area contributed by atoms with Crippen molar-refractivity contribution in [2.45, 2.75) is 13.0 Å². The van der Waals surface area contributed by atoms with Crippen LogP contribution in [0, 0.1) is 11.6 Å². The van der Waals surface area contributed by atoms with Crippen molar-refractivity contribution in [2.75, 3.05) is 49.1 Å². The molecule has 1 aromatic carbocycles. The Balaban J connectivity index is 1.75. The van der Waals surface area contributed by atoms with Gasteiger partial charge in [-0.2, -0.15) is 0 Å². The van der Waals surface area contributed by atoms with Gasteiger partial charge in [-0.3, -0.25) is 14.5 Å². The minimum absolute atomic E-state index is 0.00362. The number of rotatable bonds is 4. The lowest BCUT2D eigenvalue weighted by Crippen LogP contribution is -2.38. The highest BCUT2D eigenvalue weighted by Crippen LogP contribution is 2.31. The topological polar surface area (TPSA) is 117 Å². The van der Waals surface area contributed by atoms with Crippen LogP contribution in [0.25, 0.3) is 0 Å². The molecular weight excluding hydrogens is 392 g/mol. The van der Waals surface area contributed by atoms with E-state index in [2.05, 4.69) is 5.32 Å². The maximum Gasteiger partial charge on any atom is 0.414 e. The molecule has 158 valence electrons. The summed E-state index contributed by atoms with van der Waals surface area (Å²) in [5.74, 6) is -2.02. The Hall–Kier alpha value is -3.15. The number of nitrogens with two attached hydrogens (primary N) is 1. The van der Waals surface area contributed by atoms with Gasteiger partial charge in [0.2, 0.25) is 5.91 Å². The van der Waals surface area contributed by atoms with Gasteiger partial charge in [0.25, 0.3) is 0 Å². The molecule has 4 amide bonds. The van der Waals surface area contributed by atoms with Crippen LogP contribution in [0.1, 0.15) is 6.92 Å². The zero-order chi connectivity index (χ0) is 21.1. The molecule has 0 radical (unpaired) electrons. The number of hydrogen-bond acceptors (Lipinski definition) is 6. The van der Waals surface area contributed by atoms with Gasteiger partial charge in [0.05, 0.1) is 31.9 Å². The Kier molecular flexibility index (Phi) is 6.01. The van der Waals surface area contributed by atoms with Crippen LogP contribution in [-0.2, 0) is 14.4 Å². The van der Waals surface area contributed by atoms with E-state index in [0.29, 0.717) is 0 Å². The van der Waals surface area contributed by atoms with Gasteiger partial charge in [-0.05, 0) is 0 Å². The Morgan fingerprint density at radius 2 is 1.93 bits per heavy atom. The zero-order valence-electron chi connectivity index (χ0n) is 15.7. The molecule has 0 bridgehead atoms. The molecular formula is C17H21F2N5O5. The van der Waals surface area contributed by atoms with Crippen LogP contribution >= 0.6 is 0 Å². The minimum atomic E-state index is -0.870. The molecule has 12 heteroatoms. The van der Waals surface area contributed by atoms with Crippen LogP contribution in [0.3, 0.4) is 0 Å². The predicted molar refractivity (Wildman–Crippen MR) is 97.1 cm³/mol. The monoisotopic (exact) mass is 413 g/mol. The second-order valence-corrected chi connectivity index (χ2v) is 6.57. The molecule has 3 rings (SSSR count). The highest BCUT2D eigenvalue weighted by Gasteiger charge is 2.34. The van der Waals surface area contributed by atoms with E-state index >= 15 is 0 Å². The molecule has 10 nitrogen and oxygen atoms in total. The summed E-state index contributed by atoms with van der Waals surface area (Å²) in [5.41, 5.74) is 4.87. The molecule has 2 aliphatic rings. The summed E-state index contributed by atoms with van der Waals surface area (Å²) in [4.78, 5) is 41.9. The Morgan fingerprint density at radius 1 is 1.24 bits per heavy atom. The molecule has 2 fully saturated rings. The molecule has 2 aliphatic heterocycles. The number of nitrogens with zero attached hydrogens (tertiary/aromatic N) is 3. The summed E-state index contributed by atoms with van der Waals surface area (Å²) in [6.07, 6.45) is -1.38. The molecule has 29 heavy (non-hydrogen) atoms. The molecule has 1 atom stereocenters. The number of nitrogens with one attached hydrogen (secondary N) is 1. The van der Waals surface area contributed by atoms with Gasteiger partial charge in [0.15, 0.2) is 11.6 Å². The third-order valence-corrected chi connectivity index (χ3v) is 4.51. The van der Waals surface area contributed by atoms with Crippen LogP contribution < -0.4 is 20.9 Å². The second kappa shape index (κ2) is 8.47. The summed E-state index contributed by atoms with van der Waals surface area (Å²) >= 11 is 0. The number of amides is 4. The summed E-state index contributed by atoms with van der Waals surface area (Å²) in [6, 6.07) is 1.29. The van der Waals surface area contributed by atoms with Crippen molar-refractivity contribution >= 4 is 29.4 Å². The van der Waals surface area contributed by atoms with Crippen molar-refractivity contribution in [2.24, 2.45) is 5.73 Å². The molecule has 0 aromatic heterocycles. The average molecular weight is 413 g/mol. The van der Waals surface area contributed by atoms with E-state index in [-0.39, 0.29) is 56.6 Å². The van der Waals surface area contributed by atoms with Gasteiger partial charge < -0.3 is 20.7 Å². The van der Waals surface area contributed by atoms with Crippen molar-refractivity contribution in [1.82, 2.24) is 10.4 Å². The fourth-order valence-corrected chi connectivity index (χ4v) is 3.15. The first-order valence-electron chi connectivity index (χ1n) is 8.92. The summed E-state index contributed by atoms with van der Waals surface area (Å²) in [7, 11) is 0. The van der Waals surface area contributed by atoms with Gasteiger partial charge in [-0.25, -0.2) is 23.4 Å². The minimum Gasteiger partial charge on any atom is -0.442 e. The van der Waals surface area contributed by atoms with E-state index in [1.165, 1.54) is 11.8 Å². The van der Waals surface area contributed by atoms with Crippen LogP contribution in [0.4, 0.5) is 29.7 Å². The third kappa shape index (κ3) is 4.65. The van der Waals surface area contributed by atoms with Gasteiger partial charge in [-0.1, -0.05) is 0 Å². The Labute approximate surface area is 165 Å². The number of cyclic esters (lactones) is 1. The first-order chi connectivity index (χ1) is 13.8. The van der Waals surface area contributed by atoms with Gasteiger partial charge in [-0.15, -0.1) is 0 Å². The highest BCUT2D eigenvalue weighted by atomic mass is 19.1. The second-order valence-electron chi connectivity index (χ2n) is 6.57. The van der Waals surface area contributed by atoms with Crippen LogP contribution in [-0.4, -0.2) is 68.5 Å². The van der Waals surface area contributed by atoms with Crippen LogP contribution in [0.5, 0.6) is 0 Å². The first-order valence-corrected chi connectivity index (χ1v) is 8.92. The molecule has 0 aliphatic carbocycles. The summed E-state index contributed by atoms with van der Waals surface area (Å²) in [5, 5.41) is 3.46. The van der Waals surface area contributed by atoms with E-state index in [4.69, 9.17) is 15.3 Å². The SMILES string of the molecule is CC(=O)NC[C@H]1CN(c2cc(F)c(N3CCON(C(N)=O)CC3)c(F)c2)C(=O)O1. The van der Waals surface area contributed by atoms with Gasteiger partial charge in [0, 0.05) is 32.1 Å². The quantitative estimate of drug-likeness (QED) is 0.745. The Bertz CT molecular complexity index is 800. The number of carbonyl (C=O) groups excluding carboxylic acids is 3. The van der Waals surface area contributed by atoms with E-state index in [9.17, 15) is 23.2 Å². The molecule has 3 N–H and O–H groups in total. The normalized spacial score (nSPS) is 19.8. The van der Waals surface area contributed by atoms with Crippen molar-refractivity contribution in [1.29, 1.82) is 0 Å². The molecule has 2 saturated heterocycles. The molecule has 0 saturated carbocycles. The van der Waals surface area contributed by atoms with Crippen molar-refractivity contribution in [3.63, 3.8) is 0 Å². The summed E-state index contributed by atoms with van der Waals surface area (Å²) < 4.78 is 34.6. The standard InChI is InChI=1S/C17H21F2N5O5/c1-10(25)21-8-12-9-23(17(27)29-12)11-6-13(18)15(14(19)7-11)22-2-3-24(16(20)26)28-5-4-22/h6-7,12H,2-5,8-9H2,1H3,(H2,20,26)(H,21,25)/t12-/m0/s1. The van der Waals surface area contributed by atoms with E-state index in [1.807, 2.05) is 0 Å². The summed E-state index contributed by atoms with van der Waals surface area (Å²) in [6.45, 7) is 1.79. The van der Waals surface area contributed by atoms with Crippen molar-refractivity contribution in [3.05, 3.63) is 23.8 Å². The van der Waals surface area contributed by atoms with Crippen LogP contribution in [0.15, 0.2) is 12.1 Å². The first kappa shape index (κ1) is 20.6. The number of hydrogen-bond donors (Lipinski definition) is 2. The number of anilines is 2. The van der Waals surface area contributed by atoms with Crippen LogP contribution in [0.2, 0.25) is 0 Å². The molecule has 2 heterocycles. The lowest BCUT2D eigenvalue weighted by molar-refractivity contribution is -0.119. The molecule has 0 unspecified atom stereocenters. The number of primary amides is 1. The van der Waals surface area contributed by atoms with Crippen molar-refractivity contribution < 1.29 is 32.7 Å². The number of hydroxylamine groups is 2. The van der Waals surface area contributed by atoms with E-state index in [1.54, 1.807) is 0 Å². The van der Waals surface area contributed by atoms with Gasteiger partial charge >= 0.3 is 12.1 Å².